The lowest BCUT2D eigenvalue weighted by Gasteiger charge is -2.42. The highest BCUT2D eigenvalue weighted by molar-refractivity contribution is 6.31. The molecule has 0 bridgehead atoms. The van der Waals surface area contributed by atoms with Crippen LogP contribution in [-0.2, 0) is 19.7 Å². The summed E-state index contributed by atoms with van der Waals surface area (Å²) in [6.07, 6.45) is 4.48. The highest BCUT2D eigenvalue weighted by Gasteiger charge is 2.73. The van der Waals surface area contributed by atoms with E-state index in [2.05, 4.69) is 15.6 Å². The van der Waals surface area contributed by atoms with Crippen LogP contribution < -0.4 is 10.6 Å². The molecule has 1 amide bonds. The summed E-state index contributed by atoms with van der Waals surface area (Å²) in [4.78, 5) is 30.9. The van der Waals surface area contributed by atoms with E-state index in [1.807, 2.05) is 0 Å². The van der Waals surface area contributed by atoms with Gasteiger partial charge in [-0.15, -0.1) is 0 Å². The van der Waals surface area contributed by atoms with Gasteiger partial charge in [0.05, 0.1) is 6.61 Å². The number of hydrogen-bond acceptors (Lipinski definition) is 5. The Labute approximate surface area is 194 Å². The van der Waals surface area contributed by atoms with Crippen LogP contribution in [0.15, 0.2) is 30.5 Å². The molecule has 32 heavy (non-hydrogen) atoms. The molecule has 1 aromatic heterocycles. The van der Waals surface area contributed by atoms with E-state index >= 15 is 4.39 Å². The first-order valence-corrected chi connectivity index (χ1v) is 11.5. The van der Waals surface area contributed by atoms with Gasteiger partial charge in [-0.25, -0.2) is 9.37 Å². The maximum Gasteiger partial charge on any atom is 0.323 e. The summed E-state index contributed by atoms with van der Waals surface area (Å²) in [5, 5.41) is 6.60. The standard InChI is InChI=1S/C23H22Cl2FN3O3/c1-2-32-20(30)18-16(13-7-10-27-19(25)17(13)26)23(22(29-18)8-3-4-9-22)14-6-5-12(24)11-15(14)28-21(23)31/h5-7,10-11,16,18,29H,2-4,8-9H2,1H3,(H,28,31)/t16-,18?,23+/m0/s1. The molecule has 3 aliphatic rings. The van der Waals surface area contributed by atoms with Crippen molar-refractivity contribution in [1.82, 2.24) is 10.3 Å². The monoisotopic (exact) mass is 477 g/mol. The lowest BCUT2D eigenvalue weighted by atomic mass is 9.58. The fourth-order valence-corrected chi connectivity index (χ4v) is 6.50. The summed E-state index contributed by atoms with van der Waals surface area (Å²) in [6, 6.07) is 5.77. The first-order valence-electron chi connectivity index (χ1n) is 10.7. The summed E-state index contributed by atoms with van der Waals surface area (Å²) >= 11 is 12.3. The number of hydrogen-bond donors (Lipinski definition) is 2. The number of nitrogens with one attached hydrogen (secondary N) is 2. The Kier molecular flexibility index (Phi) is 5.19. The summed E-state index contributed by atoms with van der Waals surface area (Å²) < 4.78 is 20.8. The highest BCUT2D eigenvalue weighted by Crippen LogP contribution is 2.63. The van der Waals surface area contributed by atoms with Gasteiger partial charge in [0, 0.05) is 28.4 Å². The van der Waals surface area contributed by atoms with Gasteiger partial charge in [-0.05, 0) is 49.1 Å². The zero-order valence-electron chi connectivity index (χ0n) is 17.4. The SMILES string of the molecule is CCOC(=O)C1NC2(CCCC2)[C@@]2(C(=O)Nc3cc(Cl)ccc32)[C@H]1c1ccnc(Cl)c1F. The molecule has 3 atom stereocenters. The molecule has 2 spiro atoms. The molecule has 2 aliphatic heterocycles. The highest BCUT2D eigenvalue weighted by atomic mass is 35.5. The third-order valence-corrected chi connectivity index (χ3v) is 7.71. The number of nitrogens with zero attached hydrogens (tertiary/aromatic N) is 1. The first-order chi connectivity index (χ1) is 15.4. The van der Waals surface area contributed by atoms with E-state index in [9.17, 15) is 9.59 Å². The van der Waals surface area contributed by atoms with Crippen LogP contribution in [0, 0.1) is 5.82 Å². The topological polar surface area (TPSA) is 80.3 Å². The van der Waals surface area contributed by atoms with E-state index < -0.39 is 34.7 Å². The number of pyridine rings is 1. The number of halogens is 3. The Morgan fingerprint density at radius 1 is 1.28 bits per heavy atom. The van der Waals surface area contributed by atoms with Crippen molar-refractivity contribution in [3.63, 3.8) is 0 Å². The largest absolute Gasteiger partial charge is 0.465 e. The average molecular weight is 478 g/mol. The second kappa shape index (κ2) is 7.68. The van der Waals surface area contributed by atoms with Gasteiger partial charge in [0.15, 0.2) is 11.0 Å². The third-order valence-electron chi connectivity index (χ3n) is 7.21. The van der Waals surface area contributed by atoms with E-state index in [0.29, 0.717) is 29.1 Å². The van der Waals surface area contributed by atoms with Crippen molar-refractivity contribution in [3.05, 3.63) is 57.6 Å². The smallest absolute Gasteiger partial charge is 0.323 e. The Bertz CT molecular complexity index is 1120. The molecule has 1 unspecified atom stereocenters. The van der Waals surface area contributed by atoms with Crippen molar-refractivity contribution >= 4 is 40.8 Å². The second-order valence-electron chi connectivity index (χ2n) is 8.60. The van der Waals surface area contributed by atoms with Gasteiger partial charge < -0.3 is 10.1 Å². The lowest BCUT2D eigenvalue weighted by molar-refractivity contribution is -0.145. The number of anilines is 1. The molecular formula is C23H22Cl2FN3O3. The second-order valence-corrected chi connectivity index (χ2v) is 9.39. The Balaban J connectivity index is 1.83. The maximum atomic E-state index is 15.4. The van der Waals surface area contributed by atoms with Crippen molar-refractivity contribution in [2.75, 3.05) is 11.9 Å². The van der Waals surface area contributed by atoms with Crippen LogP contribution in [0.25, 0.3) is 0 Å². The van der Waals surface area contributed by atoms with E-state index in [4.69, 9.17) is 27.9 Å². The number of amides is 1. The minimum Gasteiger partial charge on any atom is -0.465 e. The van der Waals surface area contributed by atoms with E-state index in [-0.39, 0.29) is 23.2 Å². The molecular weight excluding hydrogens is 456 g/mol. The number of ether oxygens (including phenoxy) is 1. The number of benzene rings is 1. The Hall–Kier alpha value is -2.22. The molecule has 168 valence electrons. The van der Waals surface area contributed by atoms with Gasteiger partial charge in [0.25, 0.3) is 0 Å². The molecule has 3 heterocycles. The number of esters is 1. The van der Waals surface area contributed by atoms with Gasteiger partial charge in [-0.2, -0.15) is 0 Å². The van der Waals surface area contributed by atoms with Gasteiger partial charge in [-0.3, -0.25) is 14.9 Å². The molecule has 5 rings (SSSR count). The van der Waals surface area contributed by atoms with E-state index in [0.717, 1.165) is 12.8 Å². The molecule has 2 fully saturated rings. The molecule has 2 aromatic rings. The van der Waals surface area contributed by atoms with E-state index in [1.165, 1.54) is 12.3 Å². The van der Waals surface area contributed by atoms with Crippen LogP contribution in [0.5, 0.6) is 0 Å². The zero-order chi connectivity index (χ0) is 22.7. The maximum absolute atomic E-state index is 15.4. The van der Waals surface area contributed by atoms with Gasteiger partial charge >= 0.3 is 5.97 Å². The molecule has 6 nitrogen and oxygen atoms in total. The zero-order valence-corrected chi connectivity index (χ0v) is 18.9. The molecule has 1 saturated heterocycles. The Morgan fingerprint density at radius 2 is 2.03 bits per heavy atom. The summed E-state index contributed by atoms with van der Waals surface area (Å²) in [5.41, 5.74) is -0.555. The van der Waals surface area contributed by atoms with Crippen molar-refractivity contribution < 1.29 is 18.7 Å². The fourth-order valence-electron chi connectivity index (χ4n) is 6.16. The van der Waals surface area contributed by atoms with E-state index in [1.54, 1.807) is 25.1 Å². The van der Waals surface area contributed by atoms with Crippen LogP contribution in [0.3, 0.4) is 0 Å². The molecule has 0 radical (unpaired) electrons. The Morgan fingerprint density at radius 3 is 2.75 bits per heavy atom. The predicted molar refractivity (Wildman–Crippen MR) is 118 cm³/mol. The summed E-state index contributed by atoms with van der Waals surface area (Å²) in [7, 11) is 0. The third kappa shape index (κ3) is 2.77. The minimum atomic E-state index is -1.24. The molecule has 2 N–H and O–H groups in total. The molecule has 1 aliphatic carbocycles. The average Bonchev–Trinajstić information content (AvgIpc) is 3.42. The fraction of sp³-hybridized carbons (Fsp3) is 0.435. The molecule has 1 saturated carbocycles. The number of aromatic nitrogens is 1. The van der Waals surface area contributed by atoms with Crippen molar-refractivity contribution in [3.8, 4) is 0 Å². The summed E-state index contributed by atoms with van der Waals surface area (Å²) in [5.74, 6) is -2.43. The van der Waals surface area contributed by atoms with Gasteiger partial charge in [0.2, 0.25) is 5.91 Å². The quantitative estimate of drug-likeness (QED) is 0.507. The number of rotatable bonds is 3. The van der Waals surface area contributed by atoms with Crippen LogP contribution in [-0.4, -0.2) is 35.0 Å². The summed E-state index contributed by atoms with van der Waals surface area (Å²) in [6.45, 7) is 1.88. The van der Waals surface area contributed by atoms with Gasteiger partial charge in [0.1, 0.15) is 11.5 Å². The normalized spacial score (nSPS) is 27.7. The van der Waals surface area contributed by atoms with Crippen molar-refractivity contribution in [1.29, 1.82) is 0 Å². The number of carbonyl (C=O) groups is 2. The molecule has 9 heteroatoms. The number of fused-ring (bicyclic) bond motifs is 3. The lowest BCUT2D eigenvalue weighted by Crippen LogP contribution is -2.57. The van der Waals surface area contributed by atoms with Crippen molar-refractivity contribution in [2.45, 2.75) is 55.5 Å². The van der Waals surface area contributed by atoms with Gasteiger partial charge in [-0.1, -0.05) is 42.1 Å². The van der Waals surface area contributed by atoms with Crippen molar-refractivity contribution in [2.24, 2.45) is 0 Å². The minimum absolute atomic E-state index is 0.164. The molecule has 1 aromatic carbocycles. The van der Waals surface area contributed by atoms with Crippen LogP contribution in [0.1, 0.15) is 49.7 Å². The van der Waals surface area contributed by atoms with Crippen LogP contribution in [0.4, 0.5) is 10.1 Å². The first kappa shape index (κ1) is 21.6. The van der Waals surface area contributed by atoms with Crippen LogP contribution >= 0.6 is 23.2 Å². The number of carbonyl (C=O) groups excluding carboxylic acids is 2. The predicted octanol–water partition coefficient (Wildman–Crippen LogP) is 4.35. The van der Waals surface area contributed by atoms with Crippen LogP contribution in [0.2, 0.25) is 10.2 Å².